The zero-order valence-electron chi connectivity index (χ0n) is 17.5. The molecule has 1 aromatic carbocycles. The van der Waals surface area contributed by atoms with Gasteiger partial charge in [0.1, 0.15) is 6.61 Å². The van der Waals surface area contributed by atoms with Crippen molar-refractivity contribution in [3.8, 4) is 17.4 Å². The summed E-state index contributed by atoms with van der Waals surface area (Å²) in [6, 6.07) is 9.61. The Kier molecular flexibility index (Phi) is 5.90. The summed E-state index contributed by atoms with van der Waals surface area (Å²) in [6.07, 6.45) is 3.86. The maximum atomic E-state index is 12.8. The molecule has 0 N–H and O–H groups in total. The van der Waals surface area contributed by atoms with Gasteiger partial charge in [-0.2, -0.15) is 0 Å². The number of pyridine rings is 1. The van der Waals surface area contributed by atoms with Crippen LogP contribution in [0.3, 0.4) is 0 Å². The molecule has 2 aromatic rings. The second kappa shape index (κ2) is 9.11. The molecule has 0 saturated carbocycles. The fourth-order valence-corrected chi connectivity index (χ4v) is 4.14. The molecule has 1 atom stereocenters. The van der Waals surface area contributed by atoms with Crippen LogP contribution in [0.1, 0.15) is 28.8 Å². The highest BCUT2D eigenvalue weighted by atomic mass is 16.7. The number of hydrogen-bond donors (Lipinski definition) is 0. The predicted molar refractivity (Wildman–Crippen MR) is 112 cm³/mol. The van der Waals surface area contributed by atoms with Crippen LogP contribution >= 0.6 is 0 Å². The first kappa shape index (κ1) is 20.1. The summed E-state index contributed by atoms with van der Waals surface area (Å²) in [7, 11) is 0. The average Bonchev–Trinajstić information content (AvgIpc) is 3.50. The maximum Gasteiger partial charge on any atom is 0.255 e. The Morgan fingerprint density at radius 2 is 1.97 bits per heavy atom. The van der Waals surface area contributed by atoms with E-state index in [1.165, 1.54) is 5.56 Å². The summed E-state index contributed by atoms with van der Waals surface area (Å²) < 4.78 is 22.1. The topological polar surface area (TPSA) is 73.4 Å². The molecule has 3 aliphatic heterocycles. The fraction of sp³-hybridized carbons (Fsp3) is 0.478. The van der Waals surface area contributed by atoms with Gasteiger partial charge in [0.05, 0.1) is 11.7 Å². The molecule has 0 unspecified atom stereocenters. The van der Waals surface area contributed by atoms with E-state index in [1.807, 2.05) is 17.0 Å². The van der Waals surface area contributed by atoms with Crippen LogP contribution in [0.15, 0.2) is 36.5 Å². The van der Waals surface area contributed by atoms with E-state index in [1.54, 1.807) is 18.3 Å². The monoisotopic (exact) mass is 425 g/mol. The minimum Gasteiger partial charge on any atom is -0.475 e. The van der Waals surface area contributed by atoms with Crippen molar-refractivity contribution in [1.29, 1.82) is 0 Å². The Labute approximate surface area is 181 Å². The zero-order chi connectivity index (χ0) is 21.0. The van der Waals surface area contributed by atoms with Gasteiger partial charge in [0.15, 0.2) is 11.5 Å². The van der Waals surface area contributed by atoms with Crippen LogP contribution in [0.4, 0.5) is 0 Å². The van der Waals surface area contributed by atoms with E-state index in [9.17, 15) is 4.79 Å². The third-order valence-corrected chi connectivity index (χ3v) is 5.93. The number of piperazine rings is 1. The zero-order valence-corrected chi connectivity index (χ0v) is 17.5. The largest absolute Gasteiger partial charge is 0.475 e. The van der Waals surface area contributed by atoms with Crippen molar-refractivity contribution in [3.05, 3.63) is 47.7 Å². The Balaban J connectivity index is 1.10. The molecular formula is C23H27N3O5. The fourth-order valence-electron chi connectivity index (χ4n) is 4.14. The summed E-state index contributed by atoms with van der Waals surface area (Å²) in [4.78, 5) is 21.4. The van der Waals surface area contributed by atoms with Crippen molar-refractivity contribution in [2.45, 2.75) is 25.5 Å². The van der Waals surface area contributed by atoms with Crippen LogP contribution in [-0.2, 0) is 11.3 Å². The highest BCUT2D eigenvalue weighted by molar-refractivity contribution is 5.94. The first-order valence-corrected chi connectivity index (χ1v) is 10.9. The molecule has 3 aliphatic rings. The second-order valence-corrected chi connectivity index (χ2v) is 8.09. The lowest BCUT2D eigenvalue weighted by molar-refractivity contribution is 0.0624. The standard InChI is InChI=1S/C23H27N3O5/c27-23(18-4-6-22(24-13-18)29-15-19-2-1-11-28-19)26-9-7-25(8-10-26)14-17-3-5-20-21(12-17)31-16-30-20/h3-6,12-13,19H,1-2,7-11,14-16H2/t19-/m1/s1. The summed E-state index contributed by atoms with van der Waals surface area (Å²) >= 11 is 0. The summed E-state index contributed by atoms with van der Waals surface area (Å²) in [5.41, 5.74) is 1.78. The lowest BCUT2D eigenvalue weighted by Crippen LogP contribution is -2.48. The Morgan fingerprint density at radius 1 is 1.10 bits per heavy atom. The van der Waals surface area contributed by atoms with Gasteiger partial charge in [-0.25, -0.2) is 4.98 Å². The van der Waals surface area contributed by atoms with E-state index in [2.05, 4.69) is 16.0 Å². The lowest BCUT2D eigenvalue weighted by Gasteiger charge is -2.34. The molecule has 1 amide bonds. The third kappa shape index (κ3) is 4.75. The molecule has 8 nitrogen and oxygen atoms in total. The molecular weight excluding hydrogens is 398 g/mol. The van der Waals surface area contributed by atoms with E-state index in [-0.39, 0.29) is 18.8 Å². The maximum absolute atomic E-state index is 12.8. The number of hydrogen-bond acceptors (Lipinski definition) is 7. The summed E-state index contributed by atoms with van der Waals surface area (Å²) in [6.45, 7) is 5.48. The van der Waals surface area contributed by atoms with E-state index >= 15 is 0 Å². The first-order valence-electron chi connectivity index (χ1n) is 10.9. The summed E-state index contributed by atoms with van der Waals surface area (Å²) in [5, 5.41) is 0. The van der Waals surface area contributed by atoms with Gasteiger partial charge in [0, 0.05) is 51.6 Å². The third-order valence-electron chi connectivity index (χ3n) is 5.93. The number of nitrogens with zero attached hydrogens (tertiary/aromatic N) is 3. The van der Waals surface area contributed by atoms with Crippen LogP contribution in [0.5, 0.6) is 17.4 Å². The van der Waals surface area contributed by atoms with Crippen LogP contribution in [0.2, 0.25) is 0 Å². The van der Waals surface area contributed by atoms with Gasteiger partial charge in [-0.1, -0.05) is 6.07 Å². The van der Waals surface area contributed by atoms with Gasteiger partial charge in [-0.15, -0.1) is 0 Å². The van der Waals surface area contributed by atoms with Gasteiger partial charge < -0.3 is 23.8 Å². The number of carbonyl (C=O) groups excluding carboxylic acids is 1. The van der Waals surface area contributed by atoms with Crippen molar-refractivity contribution in [3.63, 3.8) is 0 Å². The Hall–Kier alpha value is -2.84. The SMILES string of the molecule is O=C(c1ccc(OC[C@H]2CCCO2)nc1)N1CCN(Cc2ccc3c(c2)OCO3)CC1. The number of amides is 1. The number of rotatable bonds is 6. The van der Waals surface area contributed by atoms with Crippen molar-refractivity contribution >= 4 is 5.91 Å². The minimum atomic E-state index is 0.0147. The molecule has 31 heavy (non-hydrogen) atoms. The molecule has 0 bridgehead atoms. The number of ether oxygens (including phenoxy) is 4. The molecule has 0 radical (unpaired) electrons. The summed E-state index contributed by atoms with van der Waals surface area (Å²) in [5.74, 6) is 2.15. The first-order chi connectivity index (χ1) is 15.2. The lowest BCUT2D eigenvalue weighted by atomic mass is 10.1. The molecule has 5 rings (SSSR count). The second-order valence-electron chi connectivity index (χ2n) is 8.09. The van der Waals surface area contributed by atoms with Crippen LogP contribution in [0.25, 0.3) is 0 Å². The average molecular weight is 425 g/mol. The van der Waals surface area contributed by atoms with Gasteiger partial charge >= 0.3 is 0 Å². The molecule has 164 valence electrons. The van der Waals surface area contributed by atoms with Gasteiger partial charge in [0.25, 0.3) is 5.91 Å². The number of fused-ring (bicyclic) bond motifs is 1. The van der Waals surface area contributed by atoms with Gasteiger partial charge in [-0.05, 0) is 36.6 Å². The van der Waals surface area contributed by atoms with Crippen molar-refractivity contribution in [2.75, 3.05) is 46.2 Å². The van der Waals surface area contributed by atoms with Crippen molar-refractivity contribution < 1.29 is 23.7 Å². The number of aromatic nitrogens is 1. The highest BCUT2D eigenvalue weighted by Crippen LogP contribution is 2.32. The van der Waals surface area contributed by atoms with Crippen molar-refractivity contribution in [1.82, 2.24) is 14.8 Å². The predicted octanol–water partition coefficient (Wildman–Crippen LogP) is 2.33. The highest BCUT2D eigenvalue weighted by Gasteiger charge is 2.23. The van der Waals surface area contributed by atoms with E-state index in [4.69, 9.17) is 18.9 Å². The Bertz CT molecular complexity index is 906. The molecule has 8 heteroatoms. The Morgan fingerprint density at radius 3 is 2.74 bits per heavy atom. The van der Waals surface area contributed by atoms with Crippen LogP contribution in [0, 0.1) is 0 Å². The molecule has 0 spiro atoms. The van der Waals surface area contributed by atoms with E-state index in [0.29, 0.717) is 31.1 Å². The number of benzene rings is 1. The van der Waals surface area contributed by atoms with Crippen LogP contribution < -0.4 is 14.2 Å². The smallest absolute Gasteiger partial charge is 0.255 e. The number of carbonyl (C=O) groups is 1. The van der Waals surface area contributed by atoms with Crippen molar-refractivity contribution in [2.24, 2.45) is 0 Å². The van der Waals surface area contributed by atoms with Gasteiger partial charge in [-0.3, -0.25) is 9.69 Å². The quantitative estimate of drug-likeness (QED) is 0.703. The minimum absolute atomic E-state index is 0.0147. The molecule has 0 aliphatic carbocycles. The van der Waals surface area contributed by atoms with Crippen LogP contribution in [-0.4, -0.2) is 73.0 Å². The molecule has 2 saturated heterocycles. The molecule has 1 aromatic heterocycles. The van der Waals surface area contributed by atoms with E-state index in [0.717, 1.165) is 50.6 Å². The molecule has 2 fully saturated rings. The van der Waals surface area contributed by atoms with E-state index < -0.39 is 0 Å². The molecule has 4 heterocycles. The normalized spacial score (nSPS) is 20.8. The van der Waals surface area contributed by atoms with Gasteiger partial charge in [0.2, 0.25) is 12.7 Å².